The smallest absolute Gasteiger partial charge is 0.229 e. The van der Waals surface area contributed by atoms with Crippen LogP contribution in [0.4, 0.5) is 23.1 Å². The number of carbonyl (C=O) groups is 1. The van der Waals surface area contributed by atoms with Crippen molar-refractivity contribution in [2.24, 2.45) is 13.0 Å². The maximum Gasteiger partial charge on any atom is 0.229 e. The van der Waals surface area contributed by atoms with Crippen molar-refractivity contribution in [3.8, 4) is 5.75 Å². The Labute approximate surface area is 245 Å². The molecule has 0 spiro atoms. The molecule has 0 radical (unpaired) electrons. The zero-order valence-corrected chi connectivity index (χ0v) is 25.5. The molecule has 1 aromatic carbocycles. The van der Waals surface area contributed by atoms with Gasteiger partial charge in [0, 0.05) is 33.3 Å². The van der Waals surface area contributed by atoms with E-state index < -0.39 is 9.84 Å². The molecule has 0 bridgehead atoms. The summed E-state index contributed by atoms with van der Waals surface area (Å²) in [5, 5.41) is 10.7. The molecule has 1 atom stereocenters. The van der Waals surface area contributed by atoms with E-state index in [-0.39, 0.29) is 57.1 Å². The highest BCUT2D eigenvalue weighted by atomic mass is 35.5. The third-order valence-corrected chi connectivity index (χ3v) is 9.44. The minimum Gasteiger partial charge on any atom is -0.488 e. The number of benzene rings is 1. The van der Waals surface area contributed by atoms with Crippen LogP contribution in [0.3, 0.4) is 0 Å². The minimum absolute atomic E-state index is 0.0339. The molecule has 1 amide bonds. The number of hydrogen-bond donors (Lipinski definition) is 2. The highest BCUT2D eigenvalue weighted by molar-refractivity contribution is 7.91. The van der Waals surface area contributed by atoms with Crippen LogP contribution in [0, 0.1) is 12.8 Å². The van der Waals surface area contributed by atoms with E-state index in [1.165, 1.54) is 10.9 Å². The molecule has 1 aliphatic heterocycles. The Morgan fingerprint density at radius 3 is 2.59 bits per heavy atom. The molecule has 1 unspecified atom stereocenters. The van der Waals surface area contributed by atoms with Gasteiger partial charge in [0.25, 0.3) is 0 Å². The van der Waals surface area contributed by atoms with Gasteiger partial charge in [0.2, 0.25) is 16.9 Å². The van der Waals surface area contributed by atoms with Gasteiger partial charge >= 0.3 is 0 Å². The fraction of sp³-hybridized carbons (Fsp3) is 0.500. The van der Waals surface area contributed by atoms with Crippen LogP contribution in [-0.2, 0) is 21.7 Å². The van der Waals surface area contributed by atoms with Crippen molar-refractivity contribution >= 4 is 50.5 Å². The Balaban J connectivity index is 1.43. The number of nitrogens with one attached hydrogen (secondary N) is 2. The van der Waals surface area contributed by atoms with Crippen LogP contribution >= 0.6 is 11.6 Å². The van der Waals surface area contributed by atoms with E-state index in [0.717, 1.165) is 36.9 Å². The number of carbonyl (C=O) groups excluding carboxylic acids is 1. The van der Waals surface area contributed by atoms with Crippen LogP contribution in [0.1, 0.15) is 56.6 Å². The van der Waals surface area contributed by atoms with E-state index in [4.69, 9.17) is 16.3 Å². The lowest BCUT2D eigenvalue weighted by Crippen LogP contribution is -2.34. The maximum absolute atomic E-state index is 13.0. The minimum atomic E-state index is -3.63. The first-order valence-electron chi connectivity index (χ1n) is 13.8. The average molecular weight is 602 g/mol. The second-order valence-electron chi connectivity index (χ2n) is 11.4. The van der Waals surface area contributed by atoms with Crippen LogP contribution in [0.5, 0.6) is 5.75 Å². The first-order valence-corrected chi connectivity index (χ1v) is 15.8. The lowest BCUT2D eigenvalue weighted by atomic mass is 9.86. The molecule has 1 saturated heterocycles. The molecule has 11 nitrogen and oxygen atoms in total. The van der Waals surface area contributed by atoms with Gasteiger partial charge in [-0.3, -0.25) is 9.48 Å². The summed E-state index contributed by atoms with van der Waals surface area (Å²) >= 11 is 6.42. The van der Waals surface area contributed by atoms with Crippen molar-refractivity contribution in [1.82, 2.24) is 24.6 Å². The highest BCUT2D eigenvalue weighted by Gasteiger charge is 2.29. The zero-order valence-electron chi connectivity index (χ0n) is 23.9. The van der Waals surface area contributed by atoms with Crippen molar-refractivity contribution in [2.75, 3.05) is 30.0 Å². The SMILES string of the molecule is Cc1cc(Nc2ncc(Cl)c(Nc3cn(C)nc3S(=O)(=O)CC(C)C)n2)c(OC2CC2)cc1C1CCN(C)C(=O)C1. The molecular formula is C28H36ClN7O4S. The number of rotatable bonds is 10. The molecule has 2 fully saturated rings. The monoisotopic (exact) mass is 601 g/mol. The largest absolute Gasteiger partial charge is 0.488 e. The Morgan fingerprint density at radius 2 is 1.90 bits per heavy atom. The standard InChI is InChI=1S/C28H36ClN7O4S/c1-16(2)15-41(38,39)27-23(14-36(5)34-27)31-26-21(29)13-30-28(33-26)32-22-10-17(3)20(12-24(22)40-19-6-7-19)18-8-9-35(4)25(37)11-18/h10,12-14,16,18-19H,6-9,11,15H2,1-5H3,(H2,30,31,32,33). The summed E-state index contributed by atoms with van der Waals surface area (Å²) < 4.78 is 33.6. The molecule has 41 heavy (non-hydrogen) atoms. The number of likely N-dealkylation sites (tertiary alicyclic amines) is 1. The fourth-order valence-corrected chi connectivity index (χ4v) is 6.84. The lowest BCUT2D eigenvalue weighted by Gasteiger charge is -2.30. The number of ether oxygens (including phenoxy) is 1. The van der Waals surface area contributed by atoms with Gasteiger partial charge in [-0.15, -0.1) is 0 Å². The predicted molar refractivity (Wildman–Crippen MR) is 158 cm³/mol. The molecule has 13 heteroatoms. The van der Waals surface area contributed by atoms with E-state index in [0.29, 0.717) is 17.9 Å². The van der Waals surface area contributed by atoms with Gasteiger partial charge in [-0.05, 0) is 61.3 Å². The predicted octanol–water partition coefficient (Wildman–Crippen LogP) is 4.97. The Morgan fingerprint density at radius 1 is 1.15 bits per heavy atom. The Bertz CT molecular complexity index is 1570. The maximum atomic E-state index is 13.0. The summed E-state index contributed by atoms with van der Waals surface area (Å²) in [6.07, 6.45) is 6.55. The van der Waals surface area contributed by atoms with Gasteiger partial charge in [-0.2, -0.15) is 10.1 Å². The van der Waals surface area contributed by atoms with Gasteiger partial charge < -0.3 is 20.3 Å². The zero-order chi connectivity index (χ0) is 29.5. The van der Waals surface area contributed by atoms with Gasteiger partial charge in [0.05, 0.1) is 29.4 Å². The normalized spacial score (nSPS) is 17.7. The summed E-state index contributed by atoms with van der Waals surface area (Å²) in [6.45, 7) is 6.44. The van der Waals surface area contributed by atoms with E-state index in [2.05, 4.69) is 25.7 Å². The number of hydrogen-bond acceptors (Lipinski definition) is 9. The topological polar surface area (TPSA) is 131 Å². The Hall–Kier alpha value is -3.38. The van der Waals surface area contributed by atoms with Gasteiger partial charge in [0.1, 0.15) is 10.8 Å². The second-order valence-corrected chi connectivity index (χ2v) is 13.7. The first-order chi connectivity index (χ1) is 19.4. The summed E-state index contributed by atoms with van der Waals surface area (Å²) in [5.74, 6) is 1.37. The van der Waals surface area contributed by atoms with Crippen LogP contribution in [0.25, 0.3) is 0 Å². The van der Waals surface area contributed by atoms with Crippen molar-refractivity contribution < 1.29 is 17.9 Å². The molecule has 2 aromatic heterocycles. The molecule has 1 aliphatic carbocycles. The molecule has 220 valence electrons. The summed E-state index contributed by atoms with van der Waals surface area (Å²) in [4.78, 5) is 23.1. The number of aromatic nitrogens is 4. The number of amides is 1. The van der Waals surface area contributed by atoms with E-state index in [1.54, 1.807) is 18.1 Å². The third-order valence-electron chi connectivity index (χ3n) is 7.17. The van der Waals surface area contributed by atoms with Gasteiger partial charge in [-0.25, -0.2) is 13.4 Å². The van der Waals surface area contributed by atoms with Crippen molar-refractivity contribution in [1.29, 1.82) is 0 Å². The summed E-state index contributed by atoms with van der Waals surface area (Å²) in [6, 6.07) is 4.04. The van der Waals surface area contributed by atoms with Crippen LogP contribution < -0.4 is 15.4 Å². The summed E-state index contributed by atoms with van der Waals surface area (Å²) in [7, 11) is -0.136. The van der Waals surface area contributed by atoms with Crippen LogP contribution in [-0.4, -0.2) is 64.4 Å². The lowest BCUT2D eigenvalue weighted by molar-refractivity contribution is -0.132. The third kappa shape index (κ3) is 6.75. The second kappa shape index (κ2) is 11.5. The van der Waals surface area contributed by atoms with E-state index in [1.807, 2.05) is 40.0 Å². The summed E-state index contributed by atoms with van der Waals surface area (Å²) in [5.41, 5.74) is 3.14. The molecule has 2 N–H and O–H groups in total. The molecule has 5 rings (SSSR count). The molecular weight excluding hydrogens is 566 g/mol. The first kappa shape index (κ1) is 29.1. The van der Waals surface area contributed by atoms with Crippen molar-refractivity contribution in [3.05, 3.63) is 40.7 Å². The highest BCUT2D eigenvalue weighted by Crippen LogP contribution is 2.40. The average Bonchev–Trinajstić information content (AvgIpc) is 3.63. The van der Waals surface area contributed by atoms with Crippen LogP contribution in [0.2, 0.25) is 5.02 Å². The van der Waals surface area contributed by atoms with Crippen LogP contribution in [0.15, 0.2) is 29.6 Å². The van der Waals surface area contributed by atoms with Crippen molar-refractivity contribution in [3.63, 3.8) is 0 Å². The Kier molecular flexibility index (Phi) is 8.15. The molecule has 1 saturated carbocycles. The fourth-order valence-electron chi connectivity index (χ4n) is 4.98. The number of piperidine rings is 1. The number of aryl methyl sites for hydroxylation is 2. The number of sulfone groups is 1. The number of nitrogens with zero attached hydrogens (tertiary/aromatic N) is 5. The van der Waals surface area contributed by atoms with Crippen molar-refractivity contribution in [2.45, 2.75) is 63.5 Å². The molecule has 3 aromatic rings. The van der Waals surface area contributed by atoms with E-state index >= 15 is 0 Å². The quantitative estimate of drug-likeness (QED) is 0.331. The number of halogens is 1. The molecule has 2 aliphatic rings. The number of anilines is 4. The molecule has 3 heterocycles. The van der Waals surface area contributed by atoms with Gasteiger partial charge in [0.15, 0.2) is 15.7 Å². The van der Waals surface area contributed by atoms with E-state index in [9.17, 15) is 13.2 Å². The van der Waals surface area contributed by atoms with Gasteiger partial charge in [-0.1, -0.05) is 25.4 Å².